The van der Waals surface area contributed by atoms with E-state index < -0.39 is 0 Å². The van der Waals surface area contributed by atoms with Gasteiger partial charge in [0.2, 0.25) is 11.6 Å². The zero-order valence-corrected chi connectivity index (χ0v) is 14.9. The van der Waals surface area contributed by atoms with Crippen LogP contribution in [-0.2, 0) is 6.54 Å². The molecule has 8 nitrogen and oxygen atoms in total. The second kappa shape index (κ2) is 8.91. The third-order valence-electron chi connectivity index (χ3n) is 3.14. The third-order valence-corrected chi connectivity index (χ3v) is 3.14. The zero-order chi connectivity index (χ0) is 18.2. The number of rotatable bonds is 9. The lowest BCUT2D eigenvalue weighted by Gasteiger charge is -2.17. The average molecular weight is 349 g/mol. The van der Waals surface area contributed by atoms with Crippen LogP contribution >= 0.6 is 0 Å². The van der Waals surface area contributed by atoms with E-state index in [9.17, 15) is 4.79 Å². The van der Waals surface area contributed by atoms with Gasteiger partial charge in [-0.3, -0.25) is 4.79 Å². The fraction of sp³-hybridized carbons (Fsp3) is 0.471. The minimum absolute atomic E-state index is 0.140. The molecule has 2 aromatic rings. The van der Waals surface area contributed by atoms with Crippen LogP contribution in [0.4, 0.5) is 0 Å². The van der Waals surface area contributed by atoms with Gasteiger partial charge in [-0.15, -0.1) is 0 Å². The van der Waals surface area contributed by atoms with Crippen LogP contribution in [0.25, 0.3) is 0 Å². The molecule has 136 valence electrons. The molecule has 0 aliphatic rings. The topological polar surface area (TPSA) is 95.7 Å². The molecular weight excluding hydrogens is 326 g/mol. The van der Waals surface area contributed by atoms with Gasteiger partial charge in [0.05, 0.1) is 26.4 Å². The van der Waals surface area contributed by atoms with Gasteiger partial charge in [-0.25, -0.2) is 0 Å². The molecule has 8 heteroatoms. The van der Waals surface area contributed by atoms with E-state index in [-0.39, 0.29) is 12.5 Å². The van der Waals surface area contributed by atoms with Crippen molar-refractivity contribution in [2.45, 2.75) is 34.2 Å². The number of hydrogen-bond acceptors (Lipinski definition) is 7. The van der Waals surface area contributed by atoms with Crippen LogP contribution in [0.2, 0.25) is 0 Å². The molecule has 0 radical (unpaired) electrons. The Bertz CT molecular complexity index is 687. The number of aromatic nitrogens is 2. The minimum atomic E-state index is -0.305. The Kier molecular flexibility index (Phi) is 6.62. The number of nitrogens with one attached hydrogen (secondary N) is 1. The largest absolute Gasteiger partial charge is 0.490 e. The Morgan fingerprint density at radius 3 is 2.16 bits per heavy atom. The standard InChI is InChI=1S/C17H23N3O5/c1-5-22-13-8-12(9-14(23-6-2)16(13)24-7-3)17(21)18-10-15-19-11(4)20-25-15/h8-9H,5-7,10H2,1-4H3,(H,18,21). The number of nitrogens with zero attached hydrogens (tertiary/aromatic N) is 2. The fourth-order valence-electron chi connectivity index (χ4n) is 2.19. The Labute approximate surface area is 146 Å². The van der Waals surface area contributed by atoms with Crippen LogP contribution in [0.3, 0.4) is 0 Å². The van der Waals surface area contributed by atoms with Crippen molar-refractivity contribution >= 4 is 5.91 Å². The number of carbonyl (C=O) groups is 1. The summed E-state index contributed by atoms with van der Waals surface area (Å²) >= 11 is 0. The smallest absolute Gasteiger partial charge is 0.251 e. The van der Waals surface area contributed by atoms with E-state index in [1.165, 1.54) is 0 Å². The minimum Gasteiger partial charge on any atom is -0.490 e. The monoisotopic (exact) mass is 349 g/mol. The average Bonchev–Trinajstić information content (AvgIpc) is 3.01. The number of carbonyl (C=O) groups excluding carboxylic acids is 1. The molecule has 0 unspecified atom stereocenters. The highest BCUT2D eigenvalue weighted by molar-refractivity contribution is 5.95. The Balaban J connectivity index is 2.24. The van der Waals surface area contributed by atoms with Crippen LogP contribution in [0.5, 0.6) is 17.2 Å². The number of hydrogen-bond donors (Lipinski definition) is 1. The maximum atomic E-state index is 12.5. The van der Waals surface area contributed by atoms with Crippen LogP contribution in [0.1, 0.15) is 42.8 Å². The first-order valence-electron chi connectivity index (χ1n) is 8.22. The van der Waals surface area contributed by atoms with Crippen molar-refractivity contribution < 1.29 is 23.5 Å². The Morgan fingerprint density at radius 1 is 1.08 bits per heavy atom. The molecular formula is C17H23N3O5. The first kappa shape index (κ1) is 18.6. The van der Waals surface area contributed by atoms with E-state index in [2.05, 4.69) is 15.5 Å². The quantitative estimate of drug-likeness (QED) is 0.743. The molecule has 1 heterocycles. The number of amides is 1. The molecule has 1 N–H and O–H groups in total. The molecule has 0 aliphatic heterocycles. The second-order valence-electron chi connectivity index (χ2n) is 5.02. The SMILES string of the molecule is CCOc1cc(C(=O)NCc2nc(C)no2)cc(OCC)c1OCC. The predicted octanol–water partition coefficient (Wildman–Crippen LogP) is 2.50. The summed E-state index contributed by atoms with van der Waals surface area (Å²) in [5.74, 6) is 1.98. The van der Waals surface area contributed by atoms with Crippen LogP contribution < -0.4 is 19.5 Å². The summed E-state index contributed by atoms with van der Waals surface area (Å²) in [7, 11) is 0. The molecule has 0 saturated heterocycles. The summed E-state index contributed by atoms with van der Waals surface area (Å²) in [6.07, 6.45) is 0. The normalized spacial score (nSPS) is 10.4. The molecule has 0 atom stereocenters. The zero-order valence-electron chi connectivity index (χ0n) is 14.9. The molecule has 1 aromatic heterocycles. The van der Waals surface area contributed by atoms with Crippen molar-refractivity contribution in [3.8, 4) is 17.2 Å². The predicted molar refractivity (Wildman–Crippen MR) is 90.2 cm³/mol. The summed E-state index contributed by atoms with van der Waals surface area (Å²) in [5, 5.41) is 6.41. The second-order valence-corrected chi connectivity index (χ2v) is 5.02. The summed E-state index contributed by atoms with van der Waals surface area (Å²) in [6, 6.07) is 3.26. The van der Waals surface area contributed by atoms with E-state index in [1.54, 1.807) is 19.1 Å². The van der Waals surface area contributed by atoms with Crippen LogP contribution in [0.15, 0.2) is 16.7 Å². The van der Waals surface area contributed by atoms with Crippen molar-refractivity contribution in [3.63, 3.8) is 0 Å². The van der Waals surface area contributed by atoms with Gasteiger partial charge in [-0.2, -0.15) is 4.98 Å². The lowest BCUT2D eigenvalue weighted by molar-refractivity contribution is 0.0945. The maximum Gasteiger partial charge on any atom is 0.251 e. The van der Waals surface area contributed by atoms with Crippen LogP contribution in [-0.4, -0.2) is 35.9 Å². The van der Waals surface area contributed by atoms with Gasteiger partial charge in [-0.1, -0.05) is 5.16 Å². The van der Waals surface area contributed by atoms with Gasteiger partial charge < -0.3 is 24.1 Å². The highest BCUT2D eigenvalue weighted by Crippen LogP contribution is 2.39. The molecule has 1 aromatic carbocycles. The van der Waals surface area contributed by atoms with E-state index in [1.807, 2.05) is 20.8 Å². The van der Waals surface area contributed by atoms with Gasteiger partial charge in [0.25, 0.3) is 5.91 Å². The molecule has 0 bridgehead atoms. The van der Waals surface area contributed by atoms with Crippen molar-refractivity contribution in [1.82, 2.24) is 15.5 Å². The molecule has 0 spiro atoms. The molecule has 2 rings (SSSR count). The van der Waals surface area contributed by atoms with Gasteiger partial charge in [0, 0.05) is 5.56 Å². The van der Waals surface area contributed by atoms with E-state index in [4.69, 9.17) is 18.7 Å². The van der Waals surface area contributed by atoms with E-state index in [0.29, 0.717) is 54.3 Å². The molecule has 0 fully saturated rings. The van der Waals surface area contributed by atoms with Gasteiger partial charge in [-0.05, 0) is 39.8 Å². The Hall–Kier alpha value is -2.77. The van der Waals surface area contributed by atoms with Crippen molar-refractivity contribution in [3.05, 3.63) is 29.4 Å². The maximum absolute atomic E-state index is 12.5. The number of aryl methyl sites for hydroxylation is 1. The number of ether oxygens (including phenoxy) is 3. The highest BCUT2D eigenvalue weighted by atomic mass is 16.5. The first-order chi connectivity index (χ1) is 12.1. The van der Waals surface area contributed by atoms with Gasteiger partial charge in [0.15, 0.2) is 17.3 Å². The summed E-state index contributed by atoms with van der Waals surface area (Å²) in [5.41, 5.74) is 0.395. The van der Waals surface area contributed by atoms with Gasteiger partial charge >= 0.3 is 0 Å². The lowest BCUT2D eigenvalue weighted by Crippen LogP contribution is -2.23. The molecule has 1 amide bonds. The Morgan fingerprint density at radius 2 is 1.68 bits per heavy atom. The van der Waals surface area contributed by atoms with E-state index >= 15 is 0 Å². The van der Waals surface area contributed by atoms with Crippen molar-refractivity contribution in [1.29, 1.82) is 0 Å². The van der Waals surface area contributed by atoms with Crippen molar-refractivity contribution in [2.24, 2.45) is 0 Å². The highest BCUT2D eigenvalue weighted by Gasteiger charge is 2.18. The van der Waals surface area contributed by atoms with Crippen LogP contribution in [0, 0.1) is 6.92 Å². The first-order valence-corrected chi connectivity index (χ1v) is 8.22. The van der Waals surface area contributed by atoms with Crippen molar-refractivity contribution in [2.75, 3.05) is 19.8 Å². The summed E-state index contributed by atoms with van der Waals surface area (Å²) in [4.78, 5) is 16.5. The van der Waals surface area contributed by atoms with E-state index in [0.717, 1.165) is 0 Å². The molecule has 0 aliphatic carbocycles. The lowest BCUT2D eigenvalue weighted by atomic mass is 10.1. The van der Waals surface area contributed by atoms with Gasteiger partial charge in [0.1, 0.15) is 0 Å². The summed E-state index contributed by atoms with van der Waals surface area (Å²) in [6.45, 7) is 8.79. The third kappa shape index (κ3) is 4.85. The summed E-state index contributed by atoms with van der Waals surface area (Å²) < 4.78 is 21.8. The molecule has 25 heavy (non-hydrogen) atoms. The number of benzene rings is 1. The fourth-order valence-corrected chi connectivity index (χ4v) is 2.19. The molecule has 0 saturated carbocycles.